The van der Waals surface area contributed by atoms with Gasteiger partial charge in [-0.2, -0.15) is 5.10 Å². The molecular weight excluding hydrogens is 581 g/mol. The molecule has 0 bridgehead atoms. The van der Waals surface area contributed by atoms with Crippen molar-refractivity contribution in [2.75, 3.05) is 37.8 Å². The van der Waals surface area contributed by atoms with Crippen LogP contribution in [0.3, 0.4) is 0 Å². The van der Waals surface area contributed by atoms with E-state index in [0.717, 1.165) is 39.6 Å². The zero-order valence-electron chi connectivity index (χ0n) is 25.2. The Hall–Kier alpha value is -5.94. The molecule has 4 N–H and O–H groups in total. The fraction of sp³-hybridized carbons (Fsp3) is 0.114. The van der Waals surface area contributed by atoms with Crippen LogP contribution in [0.2, 0.25) is 0 Å². The summed E-state index contributed by atoms with van der Waals surface area (Å²) >= 11 is 0. The first-order chi connectivity index (χ1) is 22.4. The number of nitrogens with one attached hydrogen (secondary N) is 4. The third kappa shape index (κ3) is 5.91. The topological polar surface area (TPSA) is 128 Å². The number of anilines is 2. The second kappa shape index (κ2) is 12.2. The van der Waals surface area contributed by atoms with Crippen molar-refractivity contribution in [2.24, 2.45) is 0 Å². The minimum absolute atomic E-state index is 0.220. The number of pyridine rings is 3. The summed E-state index contributed by atoms with van der Waals surface area (Å²) in [6.45, 7) is 1.51. The summed E-state index contributed by atoms with van der Waals surface area (Å²) in [6, 6.07) is 21.6. The van der Waals surface area contributed by atoms with Gasteiger partial charge in [0.05, 0.1) is 40.7 Å². The number of likely N-dealkylation sites (N-methyl/N-ethyl adjacent to an activating group) is 1. The minimum Gasteiger partial charge on any atom is -0.384 e. The smallest absolute Gasteiger partial charge is 0.255 e. The van der Waals surface area contributed by atoms with E-state index < -0.39 is 0 Å². The van der Waals surface area contributed by atoms with Gasteiger partial charge in [0.1, 0.15) is 11.5 Å². The maximum atomic E-state index is 14.7. The van der Waals surface area contributed by atoms with Crippen molar-refractivity contribution in [2.45, 2.75) is 0 Å². The number of aromatic nitrogens is 6. The number of rotatable bonds is 9. The number of nitrogens with zero attached hydrogens (tertiary/aromatic N) is 5. The number of aromatic amines is 2. The Labute approximate surface area is 263 Å². The Kier molecular flexibility index (Phi) is 7.65. The average Bonchev–Trinajstić information content (AvgIpc) is 3.69. The number of halogens is 1. The third-order valence-electron chi connectivity index (χ3n) is 7.64. The number of carbonyl (C=O) groups excluding carboxylic acids is 1. The van der Waals surface area contributed by atoms with E-state index in [9.17, 15) is 9.18 Å². The molecule has 228 valence electrons. The van der Waals surface area contributed by atoms with E-state index in [-0.39, 0.29) is 11.7 Å². The summed E-state index contributed by atoms with van der Waals surface area (Å²) in [5.74, 6) is -0.557. The minimum atomic E-state index is -0.337. The lowest BCUT2D eigenvalue weighted by Crippen LogP contribution is -2.20. The summed E-state index contributed by atoms with van der Waals surface area (Å²) in [4.78, 5) is 31.8. The van der Waals surface area contributed by atoms with Gasteiger partial charge in [-0.25, -0.2) is 4.39 Å². The first kappa shape index (κ1) is 28.8. The van der Waals surface area contributed by atoms with Gasteiger partial charge in [0.15, 0.2) is 0 Å². The van der Waals surface area contributed by atoms with Crippen LogP contribution in [-0.2, 0) is 0 Å². The first-order valence-electron chi connectivity index (χ1n) is 14.7. The molecule has 5 heterocycles. The van der Waals surface area contributed by atoms with Gasteiger partial charge in [-0.3, -0.25) is 24.8 Å². The quantitative estimate of drug-likeness (QED) is 0.145. The van der Waals surface area contributed by atoms with E-state index in [0.29, 0.717) is 46.1 Å². The highest BCUT2D eigenvalue weighted by Gasteiger charge is 2.17. The molecule has 11 heteroatoms. The molecule has 0 radical (unpaired) electrons. The molecule has 7 aromatic rings. The summed E-state index contributed by atoms with van der Waals surface area (Å²) in [5.41, 5.74) is 7.65. The van der Waals surface area contributed by atoms with E-state index in [1.54, 1.807) is 36.9 Å². The van der Waals surface area contributed by atoms with Gasteiger partial charge < -0.3 is 20.5 Å². The number of benzene rings is 2. The van der Waals surface area contributed by atoms with Crippen LogP contribution in [0.25, 0.3) is 55.7 Å². The van der Waals surface area contributed by atoms with Gasteiger partial charge in [0.2, 0.25) is 0 Å². The van der Waals surface area contributed by atoms with Gasteiger partial charge in [0.25, 0.3) is 5.91 Å². The zero-order valence-corrected chi connectivity index (χ0v) is 25.2. The number of fused-ring (bicyclic) bond motifs is 2. The zero-order chi connectivity index (χ0) is 31.6. The standard InChI is InChI=1S/C35H30FN9O/c1-45(2)11-10-38-25-13-22(12-24(36)15-25)33-27-17-31(42-29(27)8-9-39-33)34-28-16-30(40-20-32(28)43-44-34)23-14-26(19-37-18-23)41-35(46)21-6-4-3-5-7-21/h3-9,12-20,38,42H,10-11H2,1-2H3,(H,41,46)(H,43,44). The van der Waals surface area contributed by atoms with Crippen LogP contribution < -0.4 is 10.6 Å². The summed E-state index contributed by atoms with van der Waals surface area (Å²) < 4.78 is 14.7. The molecule has 0 atom stereocenters. The Balaban J connectivity index is 1.21. The van der Waals surface area contributed by atoms with Gasteiger partial charge >= 0.3 is 0 Å². The van der Waals surface area contributed by atoms with Gasteiger partial charge in [-0.1, -0.05) is 18.2 Å². The van der Waals surface area contributed by atoms with Crippen molar-refractivity contribution < 1.29 is 9.18 Å². The molecule has 2 aromatic carbocycles. The van der Waals surface area contributed by atoms with E-state index in [4.69, 9.17) is 0 Å². The summed E-state index contributed by atoms with van der Waals surface area (Å²) in [7, 11) is 3.99. The molecule has 0 fully saturated rings. The van der Waals surface area contributed by atoms with E-state index in [1.807, 2.05) is 62.6 Å². The molecule has 5 aromatic heterocycles. The molecular formula is C35H30FN9O. The second-order valence-electron chi connectivity index (χ2n) is 11.2. The molecule has 0 aliphatic heterocycles. The fourth-order valence-electron chi connectivity index (χ4n) is 5.38. The predicted octanol–water partition coefficient (Wildman–Crippen LogP) is 6.60. The normalized spacial score (nSPS) is 11.4. The Morgan fingerprint density at radius 2 is 1.67 bits per heavy atom. The molecule has 7 rings (SSSR count). The number of hydrogen-bond donors (Lipinski definition) is 4. The molecule has 0 aliphatic rings. The molecule has 1 amide bonds. The van der Waals surface area contributed by atoms with Crippen LogP contribution in [0.5, 0.6) is 0 Å². The Bertz CT molecular complexity index is 2190. The third-order valence-corrected chi connectivity index (χ3v) is 7.64. The fourth-order valence-corrected chi connectivity index (χ4v) is 5.38. The van der Waals surface area contributed by atoms with Crippen LogP contribution in [0.15, 0.2) is 97.6 Å². The molecule has 0 unspecified atom stereocenters. The number of amides is 1. The molecule has 46 heavy (non-hydrogen) atoms. The summed E-state index contributed by atoms with van der Waals surface area (Å²) in [5, 5.41) is 15.6. The first-order valence-corrected chi connectivity index (χ1v) is 14.7. The van der Waals surface area contributed by atoms with Crippen LogP contribution >= 0.6 is 0 Å². The Morgan fingerprint density at radius 1 is 0.848 bits per heavy atom. The Morgan fingerprint density at radius 3 is 2.52 bits per heavy atom. The van der Waals surface area contributed by atoms with Crippen molar-refractivity contribution in [1.82, 2.24) is 35.0 Å². The molecule has 0 saturated carbocycles. The average molecular weight is 612 g/mol. The highest BCUT2D eigenvalue weighted by molar-refractivity contribution is 6.04. The van der Waals surface area contributed by atoms with Gasteiger partial charge in [-0.05, 0) is 68.7 Å². The highest BCUT2D eigenvalue weighted by atomic mass is 19.1. The predicted molar refractivity (Wildman–Crippen MR) is 179 cm³/mol. The van der Waals surface area contributed by atoms with Gasteiger partial charge in [0, 0.05) is 64.2 Å². The molecule has 0 spiro atoms. The van der Waals surface area contributed by atoms with Crippen LogP contribution in [-0.4, -0.2) is 68.1 Å². The molecule has 0 saturated heterocycles. The highest BCUT2D eigenvalue weighted by Crippen LogP contribution is 2.35. The maximum absolute atomic E-state index is 14.7. The van der Waals surface area contributed by atoms with E-state index in [2.05, 4.69) is 45.7 Å². The van der Waals surface area contributed by atoms with Crippen molar-refractivity contribution in [3.8, 4) is 33.9 Å². The largest absolute Gasteiger partial charge is 0.384 e. The second-order valence-corrected chi connectivity index (χ2v) is 11.2. The lowest BCUT2D eigenvalue weighted by atomic mass is 10.1. The molecule has 10 nitrogen and oxygen atoms in total. The van der Waals surface area contributed by atoms with E-state index >= 15 is 0 Å². The number of carbonyl (C=O) groups is 1. The van der Waals surface area contributed by atoms with Crippen molar-refractivity contribution in [1.29, 1.82) is 0 Å². The van der Waals surface area contributed by atoms with Crippen molar-refractivity contribution in [3.63, 3.8) is 0 Å². The van der Waals surface area contributed by atoms with Gasteiger partial charge in [-0.15, -0.1) is 0 Å². The maximum Gasteiger partial charge on any atom is 0.255 e. The van der Waals surface area contributed by atoms with E-state index in [1.165, 1.54) is 12.1 Å². The lowest BCUT2D eigenvalue weighted by Gasteiger charge is -2.12. The van der Waals surface area contributed by atoms with Crippen molar-refractivity contribution in [3.05, 3.63) is 109 Å². The SMILES string of the molecule is CN(C)CCNc1cc(F)cc(-c2nccc3[nH]c(-c4n[nH]c5cnc(-c6cncc(NC(=O)c7ccccc7)c6)cc45)cc23)c1. The monoisotopic (exact) mass is 611 g/mol. The van der Waals surface area contributed by atoms with Crippen LogP contribution in [0.1, 0.15) is 10.4 Å². The number of H-pyrrole nitrogens is 2. The lowest BCUT2D eigenvalue weighted by molar-refractivity contribution is 0.102. The molecule has 0 aliphatic carbocycles. The summed E-state index contributed by atoms with van der Waals surface area (Å²) in [6.07, 6.45) is 6.74. The van der Waals surface area contributed by atoms with Crippen LogP contribution in [0.4, 0.5) is 15.8 Å². The number of hydrogen-bond acceptors (Lipinski definition) is 7. The van der Waals surface area contributed by atoms with Crippen LogP contribution in [0, 0.1) is 5.82 Å². The van der Waals surface area contributed by atoms with Crippen molar-refractivity contribution >= 4 is 39.1 Å².